The number of thioether (sulfide) groups is 1. The molecule has 2 saturated heterocycles. The molecule has 4 aliphatic rings. The molecular formula is C19H18N2O4S. The maximum atomic E-state index is 13.6. The fourth-order valence-corrected chi connectivity index (χ4v) is 5.43. The topological polar surface area (TPSA) is 78.9 Å². The van der Waals surface area contributed by atoms with Gasteiger partial charge in [-0.3, -0.25) is 9.59 Å². The highest BCUT2D eigenvalue weighted by Crippen LogP contribution is 2.51. The van der Waals surface area contributed by atoms with Crippen LogP contribution in [0, 0.1) is 0 Å². The first-order valence-corrected chi connectivity index (χ1v) is 9.77. The molecule has 1 spiro atoms. The molecular weight excluding hydrogens is 352 g/mol. The van der Waals surface area contributed by atoms with Gasteiger partial charge in [0, 0.05) is 18.4 Å². The lowest BCUT2D eigenvalue weighted by Gasteiger charge is -2.48. The average molecular weight is 370 g/mol. The molecule has 0 radical (unpaired) electrons. The van der Waals surface area contributed by atoms with Gasteiger partial charge in [0.1, 0.15) is 5.75 Å². The van der Waals surface area contributed by atoms with Gasteiger partial charge in [0.15, 0.2) is 4.87 Å². The Bertz CT molecular complexity index is 870. The van der Waals surface area contributed by atoms with E-state index < -0.39 is 22.7 Å². The van der Waals surface area contributed by atoms with Crippen LogP contribution in [0.1, 0.15) is 12.0 Å². The van der Waals surface area contributed by atoms with E-state index in [9.17, 15) is 14.7 Å². The number of carbonyl (C=O) groups is 2. The van der Waals surface area contributed by atoms with Crippen molar-refractivity contribution in [1.82, 2.24) is 10.2 Å². The minimum absolute atomic E-state index is 0.250. The second-order valence-electron chi connectivity index (χ2n) is 7.07. The van der Waals surface area contributed by atoms with Crippen LogP contribution in [0.5, 0.6) is 5.75 Å². The van der Waals surface area contributed by atoms with Crippen molar-refractivity contribution in [3.8, 4) is 5.75 Å². The van der Waals surface area contributed by atoms with Crippen LogP contribution in [0.3, 0.4) is 0 Å². The number of allylic oxidation sites excluding steroid dienone is 2. The number of aliphatic hydroxyl groups excluding tert-OH is 1. The molecule has 2 amide bonds. The Morgan fingerprint density at radius 1 is 1.31 bits per heavy atom. The number of fused-ring (bicyclic) bond motifs is 4. The lowest BCUT2D eigenvalue weighted by Crippen LogP contribution is -2.76. The van der Waals surface area contributed by atoms with Crippen molar-refractivity contribution in [3.63, 3.8) is 0 Å². The van der Waals surface area contributed by atoms with Crippen molar-refractivity contribution >= 4 is 23.6 Å². The summed E-state index contributed by atoms with van der Waals surface area (Å²) in [5.41, 5.74) is 0.346. The third-order valence-electron chi connectivity index (χ3n) is 5.70. The SMILES string of the molecule is CS[C@@]12CC3=CC=C[C@H](O)[C@H]3N1C(=O)[C@@]1(Cc3ccccc3O1)NC2=O. The van der Waals surface area contributed by atoms with E-state index in [4.69, 9.17) is 4.74 Å². The van der Waals surface area contributed by atoms with Crippen molar-refractivity contribution in [2.24, 2.45) is 0 Å². The van der Waals surface area contributed by atoms with Gasteiger partial charge in [-0.1, -0.05) is 36.4 Å². The smallest absolute Gasteiger partial charge is 0.290 e. The van der Waals surface area contributed by atoms with Gasteiger partial charge in [-0.15, -0.1) is 11.8 Å². The molecule has 6 nitrogen and oxygen atoms in total. The van der Waals surface area contributed by atoms with Gasteiger partial charge in [-0.25, -0.2) is 0 Å². The second kappa shape index (κ2) is 5.14. The fourth-order valence-electron chi connectivity index (χ4n) is 4.49. The first-order chi connectivity index (χ1) is 12.5. The molecule has 0 saturated carbocycles. The minimum atomic E-state index is -1.43. The average Bonchev–Trinajstić information content (AvgIpc) is 3.17. The Morgan fingerprint density at radius 3 is 2.88 bits per heavy atom. The number of para-hydroxylation sites is 1. The van der Waals surface area contributed by atoms with Gasteiger partial charge in [0.2, 0.25) is 0 Å². The minimum Gasteiger partial charge on any atom is -0.458 e. The number of hydrogen-bond donors (Lipinski definition) is 2. The maximum absolute atomic E-state index is 13.6. The molecule has 1 aliphatic carbocycles. The molecule has 0 bridgehead atoms. The third kappa shape index (κ3) is 1.82. The lowest BCUT2D eigenvalue weighted by atomic mass is 9.96. The van der Waals surface area contributed by atoms with Crippen molar-refractivity contribution in [3.05, 3.63) is 53.6 Å². The first-order valence-electron chi connectivity index (χ1n) is 8.54. The summed E-state index contributed by atoms with van der Waals surface area (Å²) in [4.78, 5) is 27.3. The highest BCUT2D eigenvalue weighted by Gasteiger charge is 2.67. The number of benzene rings is 1. The number of hydrogen-bond acceptors (Lipinski definition) is 5. The molecule has 26 heavy (non-hydrogen) atoms. The summed E-state index contributed by atoms with van der Waals surface area (Å²) in [5, 5.41) is 13.4. The van der Waals surface area contributed by atoms with Crippen molar-refractivity contribution in [2.45, 2.75) is 35.6 Å². The number of piperazine rings is 1. The Labute approximate surface area is 154 Å². The molecule has 7 heteroatoms. The van der Waals surface area contributed by atoms with E-state index in [1.807, 2.05) is 30.5 Å². The summed E-state index contributed by atoms with van der Waals surface area (Å²) in [6, 6.07) is 6.89. The van der Waals surface area contributed by atoms with Crippen LogP contribution in [0.2, 0.25) is 0 Å². The monoisotopic (exact) mass is 370 g/mol. The summed E-state index contributed by atoms with van der Waals surface area (Å²) >= 11 is 1.33. The third-order valence-corrected chi connectivity index (χ3v) is 6.90. The van der Waals surface area contributed by atoms with E-state index in [2.05, 4.69) is 5.32 Å². The van der Waals surface area contributed by atoms with Crippen LogP contribution in [-0.2, 0) is 16.0 Å². The number of carbonyl (C=O) groups excluding carboxylic acids is 2. The van der Waals surface area contributed by atoms with Crippen LogP contribution in [0.4, 0.5) is 0 Å². The van der Waals surface area contributed by atoms with Gasteiger partial charge in [-0.2, -0.15) is 0 Å². The summed E-state index contributed by atoms with van der Waals surface area (Å²) in [6.07, 6.45) is 7.00. The summed E-state index contributed by atoms with van der Waals surface area (Å²) in [6.45, 7) is 0. The Morgan fingerprint density at radius 2 is 2.12 bits per heavy atom. The van der Waals surface area contributed by atoms with Crippen LogP contribution < -0.4 is 10.1 Å². The van der Waals surface area contributed by atoms with Crippen LogP contribution in [-0.4, -0.2) is 50.8 Å². The van der Waals surface area contributed by atoms with Crippen LogP contribution >= 0.6 is 11.8 Å². The predicted molar refractivity (Wildman–Crippen MR) is 96.4 cm³/mol. The van der Waals surface area contributed by atoms with E-state index in [1.165, 1.54) is 11.8 Å². The van der Waals surface area contributed by atoms with Crippen molar-refractivity contribution in [2.75, 3.05) is 6.26 Å². The van der Waals surface area contributed by atoms with Crippen molar-refractivity contribution in [1.29, 1.82) is 0 Å². The standard InChI is InChI=1S/C19H18N2O4S/c1-26-19-10-12-6-4-7-13(22)15(12)21(19)17(24)18(20-16(19)23)9-11-5-2-3-8-14(11)25-18/h2-8,13,15,22H,9-10H2,1H3,(H,20,23)/t13-,15-,18-,19+/m0/s1. The molecule has 4 atom stereocenters. The largest absolute Gasteiger partial charge is 0.458 e. The van der Waals surface area contributed by atoms with Crippen LogP contribution in [0.15, 0.2) is 48.1 Å². The Kier molecular flexibility index (Phi) is 3.16. The summed E-state index contributed by atoms with van der Waals surface area (Å²) < 4.78 is 5.98. The molecule has 134 valence electrons. The van der Waals surface area contributed by atoms with E-state index in [0.29, 0.717) is 12.2 Å². The maximum Gasteiger partial charge on any atom is 0.290 e. The van der Waals surface area contributed by atoms with Gasteiger partial charge < -0.3 is 20.1 Å². The van der Waals surface area contributed by atoms with Gasteiger partial charge in [0.05, 0.1) is 12.1 Å². The predicted octanol–water partition coefficient (Wildman–Crippen LogP) is 0.965. The lowest BCUT2D eigenvalue weighted by molar-refractivity contribution is -0.170. The molecule has 2 N–H and O–H groups in total. The molecule has 3 aliphatic heterocycles. The summed E-state index contributed by atoms with van der Waals surface area (Å²) in [5.74, 6) is 0.0576. The fraction of sp³-hybridized carbons (Fsp3) is 0.368. The number of ether oxygens (including phenoxy) is 1. The number of nitrogens with one attached hydrogen (secondary N) is 1. The van der Waals surface area contributed by atoms with E-state index in [-0.39, 0.29) is 18.2 Å². The molecule has 5 rings (SSSR count). The van der Waals surface area contributed by atoms with Gasteiger partial charge in [0.25, 0.3) is 17.5 Å². The highest BCUT2D eigenvalue weighted by molar-refractivity contribution is 8.00. The molecule has 0 unspecified atom stereocenters. The van der Waals surface area contributed by atoms with Gasteiger partial charge >= 0.3 is 0 Å². The summed E-state index contributed by atoms with van der Waals surface area (Å²) in [7, 11) is 0. The molecule has 3 heterocycles. The molecule has 1 aromatic carbocycles. The quantitative estimate of drug-likeness (QED) is 0.770. The number of aliphatic hydroxyl groups is 1. The molecule has 1 aromatic rings. The van der Waals surface area contributed by atoms with Crippen LogP contribution in [0.25, 0.3) is 0 Å². The number of rotatable bonds is 1. The zero-order valence-electron chi connectivity index (χ0n) is 14.1. The van der Waals surface area contributed by atoms with E-state index in [1.54, 1.807) is 23.1 Å². The number of nitrogens with zero attached hydrogens (tertiary/aromatic N) is 1. The Balaban J connectivity index is 1.62. The normalized spacial score (nSPS) is 37.0. The zero-order valence-corrected chi connectivity index (χ0v) is 15.0. The molecule has 0 aromatic heterocycles. The van der Waals surface area contributed by atoms with Gasteiger partial charge in [-0.05, 0) is 17.9 Å². The molecule has 2 fully saturated rings. The Hall–Kier alpha value is -2.25. The van der Waals surface area contributed by atoms with Crippen molar-refractivity contribution < 1.29 is 19.4 Å². The zero-order chi connectivity index (χ0) is 18.1. The van der Waals surface area contributed by atoms with E-state index in [0.717, 1.165) is 11.1 Å². The van der Waals surface area contributed by atoms with E-state index >= 15 is 0 Å². The first kappa shape index (κ1) is 16.0. The highest BCUT2D eigenvalue weighted by atomic mass is 32.2. The number of amides is 2. The second-order valence-corrected chi connectivity index (χ2v) is 8.15.